The van der Waals surface area contributed by atoms with Crippen molar-refractivity contribution in [2.45, 2.75) is 45.0 Å². The average Bonchev–Trinajstić information content (AvgIpc) is 2.45. The van der Waals surface area contributed by atoms with Crippen LogP contribution in [0.2, 0.25) is 0 Å². The van der Waals surface area contributed by atoms with Crippen molar-refractivity contribution >= 4 is 6.09 Å². The first-order chi connectivity index (χ1) is 11.1. The van der Waals surface area contributed by atoms with Gasteiger partial charge in [-0.2, -0.15) is 13.2 Å². The van der Waals surface area contributed by atoms with E-state index in [0.717, 1.165) is 17.7 Å². The van der Waals surface area contributed by atoms with E-state index in [-0.39, 0.29) is 12.1 Å². The maximum atomic E-state index is 12.6. The molecule has 1 N–H and O–H groups in total. The second-order valence-corrected chi connectivity index (χ2v) is 6.93. The number of hydrogen-bond donors (Lipinski definition) is 1. The highest BCUT2D eigenvalue weighted by Gasteiger charge is 2.32. The number of carbonyl (C=O) groups is 1. The third-order valence-electron chi connectivity index (χ3n) is 3.73. The lowest BCUT2D eigenvalue weighted by molar-refractivity contribution is -0.137. The molecule has 1 fully saturated rings. The maximum absolute atomic E-state index is 12.6. The van der Waals surface area contributed by atoms with Gasteiger partial charge in [0.2, 0.25) is 0 Å². The van der Waals surface area contributed by atoms with Gasteiger partial charge in [-0.05, 0) is 44.9 Å². The van der Waals surface area contributed by atoms with Crippen LogP contribution >= 0.6 is 0 Å². The summed E-state index contributed by atoms with van der Waals surface area (Å²) in [5.74, 6) is 0. The summed E-state index contributed by atoms with van der Waals surface area (Å²) < 4.78 is 43.3. The fraction of sp³-hybridized carbons (Fsp3) is 0.588. The van der Waals surface area contributed by atoms with Gasteiger partial charge >= 0.3 is 12.3 Å². The molecule has 0 aromatic heterocycles. The van der Waals surface area contributed by atoms with E-state index in [9.17, 15) is 18.0 Å². The Hall–Kier alpha value is -1.76. The molecule has 0 radical (unpaired) electrons. The Morgan fingerprint density at radius 3 is 2.42 bits per heavy atom. The first-order valence-electron chi connectivity index (χ1n) is 7.93. The fourth-order valence-corrected chi connectivity index (χ4v) is 2.61. The van der Waals surface area contributed by atoms with Gasteiger partial charge in [0.15, 0.2) is 0 Å². The van der Waals surface area contributed by atoms with Crippen LogP contribution in [0.1, 0.15) is 31.9 Å². The van der Waals surface area contributed by atoms with Crippen LogP contribution in [0.5, 0.6) is 0 Å². The highest BCUT2D eigenvalue weighted by molar-refractivity contribution is 5.68. The molecule has 1 aliphatic rings. The second-order valence-electron chi connectivity index (χ2n) is 6.93. The number of nitrogens with one attached hydrogen (secondary N) is 1. The molecule has 0 unspecified atom stereocenters. The van der Waals surface area contributed by atoms with Gasteiger partial charge in [0.1, 0.15) is 5.60 Å². The van der Waals surface area contributed by atoms with Crippen LogP contribution in [0.4, 0.5) is 18.0 Å². The highest BCUT2D eigenvalue weighted by atomic mass is 19.4. The summed E-state index contributed by atoms with van der Waals surface area (Å²) in [6.07, 6.45) is -4.25. The van der Waals surface area contributed by atoms with Gasteiger partial charge in [0.25, 0.3) is 0 Å². The van der Waals surface area contributed by atoms with E-state index in [1.807, 2.05) is 0 Å². The zero-order chi connectivity index (χ0) is 18.0. The Morgan fingerprint density at radius 2 is 1.88 bits per heavy atom. The standard InChI is InChI=1S/C17H23F3N2O2/c1-16(2,3)24-15(23)22-9-8-21-11-14(22)10-12-4-6-13(7-5-12)17(18,19)20/h4-7,14,21H,8-11H2,1-3H3/t14-/m1/s1. The Morgan fingerprint density at radius 1 is 1.25 bits per heavy atom. The van der Waals surface area contributed by atoms with E-state index in [1.165, 1.54) is 12.1 Å². The number of benzene rings is 1. The van der Waals surface area contributed by atoms with Crippen LogP contribution in [-0.4, -0.2) is 42.3 Å². The van der Waals surface area contributed by atoms with E-state index in [4.69, 9.17) is 4.74 Å². The molecule has 0 spiro atoms. The van der Waals surface area contributed by atoms with E-state index in [1.54, 1.807) is 25.7 Å². The Bertz CT molecular complexity index is 565. The van der Waals surface area contributed by atoms with E-state index in [2.05, 4.69) is 5.32 Å². The average molecular weight is 344 g/mol. The minimum Gasteiger partial charge on any atom is -0.444 e. The van der Waals surface area contributed by atoms with Crippen molar-refractivity contribution in [3.63, 3.8) is 0 Å². The smallest absolute Gasteiger partial charge is 0.416 e. The zero-order valence-corrected chi connectivity index (χ0v) is 14.1. The number of ether oxygens (including phenoxy) is 1. The van der Waals surface area contributed by atoms with Gasteiger partial charge in [-0.15, -0.1) is 0 Å². The summed E-state index contributed by atoms with van der Waals surface area (Å²) in [6.45, 7) is 7.18. The molecule has 1 saturated heterocycles. The number of hydrogen-bond acceptors (Lipinski definition) is 3. The van der Waals surface area contributed by atoms with E-state index in [0.29, 0.717) is 26.1 Å². The SMILES string of the molecule is CC(C)(C)OC(=O)N1CCNC[C@H]1Cc1ccc(C(F)(F)F)cc1. The van der Waals surface area contributed by atoms with Crippen LogP contribution in [0.3, 0.4) is 0 Å². The summed E-state index contributed by atoms with van der Waals surface area (Å²) in [7, 11) is 0. The molecule has 0 aliphatic carbocycles. The molecule has 1 aromatic carbocycles. The number of alkyl halides is 3. The van der Waals surface area contributed by atoms with Crippen molar-refractivity contribution in [1.82, 2.24) is 10.2 Å². The molecule has 4 nitrogen and oxygen atoms in total. The van der Waals surface area contributed by atoms with Crippen molar-refractivity contribution < 1.29 is 22.7 Å². The quantitative estimate of drug-likeness (QED) is 0.893. The van der Waals surface area contributed by atoms with Gasteiger partial charge in [-0.3, -0.25) is 0 Å². The van der Waals surface area contributed by atoms with Gasteiger partial charge in [-0.1, -0.05) is 12.1 Å². The molecule has 134 valence electrons. The molecule has 1 aromatic rings. The normalized spacial score (nSPS) is 19.2. The van der Waals surface area contributed by atoms with Crippen LogP contribution in [0.15, 0.2) is 24.3 Å². The minimum atomic E-state index is -4.34. The van der Waals surface area contributed by atoms with E-state index >= 15 is 0 Å². The zero-order valence-electron chi connectivity index (χ0n) is 14.1. The molecule has 7 heteroatoms. The van der Waals surface area contributed by atoms with Crippen LogP contribution in [0, 0.1) is 0 Å². The topological polar surface area (TPSA) is 41.6 Å². The number of amides is 1. The molecule has 24 heavy (non-hydrogen) atoms. The van der Waals surface area contributed by atoms with Gasteiger partial charge in [0.05, 0.1) is 11.6 Å². The van der Waals surface area contributed by atoms with Crippen molar-refractivity contribution in [2.24, 2.45) is 0 Å². The third kappa shape index (κ3) is 5.12. The van der Waals surface area contributed by atoms with Crippen molar-refractivity contribution in [2.75, 3.05) is 19.6 Å². The molecule has 2 rings (SSSR count). The Kier molecular flexibility index (Phi) is 5.42. The first-order valence-corrected chi connectivity index (χ1v) is 7.93. The van der Waals surface area contributed by atoms with Crippen LogP contribution < -0.4 is 5.32 Å². The molecule has 0 saturated carbocycles. The number of rotatable bonds is 2. The van der Waals surface area contributed by atoms with Gasteiger partial charge in [-0.25, -0.2) is 4.79 Å². The Balaban J connectivity index is 2.07. The van der Waals surface area contributed by atoms with Gasteiger partial charge in [0, 0.05) is 19.6 Å². The fourth-order valence-electron chi connectivity index (χ4n) is 2.61. The molecule has 1 heterocycles. The van der Waals surface area contributed by atoms with E-state index < -0.39 is 17.3 Å². The molecule has 0 bridgehead atoms. The predicted molar refractivity (Wildman–Crippen MR) is 84.7 cm³/mol. The monoisotopic (exact) mass is 344 g/mol. The molecular formula is C17H23F3N2O2. The van der Waals surface area contributed by atoms with Gasteiger partial charge < -0.3 is 15.0 Å². The van der Waals surface area contributed by atoms with Crippen molar-refractivity contribution in [3.05, 3.63) is 35.4 Å². The second kappa shape index (κ2) is 7.01. The third-order valence-corrected chi connectivity index (χ3v) is 3.73. The minimum absolute atomic E-state index is 0.148. The number of nitrogens with zero attached hydrogens (tertiary/aromatic N) is 1. The molecular weight excluding hydrogens is 321 g/mol. The summed E-state index contributed by atoms with van der Waals surface area (Å²) >= 11 is 0. The highest BCUT2D eigenvalue weighted by Crippen LogP contribution is 2.29. The first kappa shape index (κ1) is 18.6. The number of carbonyl (C=O) groups excluding carboxylic acids is 1. The molecule has 1 aliphatic heterocycles. The van der Waals surface area contributed by atoms with Crippen molar-refractivity contribution in [3.8, 4) is 0 Å². The Labute approximate surface area is 140 Å². The van der Waals surface area contributed by atoms with Crippen LogP contribution in [0.25, 0.3) is 0 Å². The maximum Gasteiger partial charge on any atom is 0.416 e. The summed E-state index contributed by atoms with van der Waals surface area (Å²) in [5.41, 5.74) is -0.497. The molecule has 1 atom stereocenters. The predicted octanol–water partition coefficient (Wildman–Crippen LogP) is 3.46. The number of piperazine rings is 1. The summed E-state index contributed by atoms with van der Waals surface area (Å²) in [4.78, 5) is 14.0. The van der Waals surface area contributed by atoms with Crippen molar-refractivity contribution in [1.29, 1.82) is 0 Å². The summed E-state index contributed by atoms with van der Waals surface area (Å²) in [6, 6.07) is 4.92. The lowest BCUT2D eigenvalue weighted by Crippen LogP contribution is -2.55. The van der Waals surface area contributed by atoms with Crippen LogP contribution in [-0.2, 0) is 17.3 Å². The molecule has 1 amide bonds. The lowest BCUT2D eigenvalue weighted by atomic mass is 10.0. The number of halogens is 3. The largest absolute Gasteiger partial charge is 0.444 e. The summed E-state index contributed by atoms with van der Waals surface area (Å²) in [5, 5.41) is 3.21. The lowest BCUT2D eigenvalue weighted by Gasteiger charge is -2.37.